The largest absolute Gasteiger partial charge is 0.484 e. The first kappa shape index (κ1) is 16.1. The molecule has 124 valence electrons. The van der Waals surface area contributed by atoms with Crippen molar-refractivity contribution in [2.45, 2.75) is 19.6 Å². The number of hydrogen-bond donors (Lipinski definition) is 1. The number of hydrogen-bond acceptors (Lipinski definition) is 5. The Kier molecular flexibility index (Phi) is 5.52. The number of aromatic nitrogens is 2. The molecule has 2 aromatic carbocycles. The molecule has 0 bridgehead atoms. The molecule has 0 radical (unpaired) electrons. The van der Waals surface area contributed by atoms with E-state index in [0.29, 0.717) is 18.3 Å². The average molecular weight is 327 g/mol. The van der Waals surface area contributed by atoms with E-state index in [-0.39, 0.29) is 12.4 Å². The van der Waals surface area contributed by atoms with Gasteiger partial charge in [0.25, 0.3) is 5.89 Å². The van der Waals surface area contributed by atoms with Gasteiger partial charge in [0.05, 0.1) is 6.54 Å². The second-order valence-corrected chi connectivity index (χ2v) is 5.24. The monoisotopic (exact) mass is 327 g/mol. The summed E-state index contributed by atoms with van der Waals surface area (Å²) in [6.45, 7) is 1.47. The molecule has 1 N–H and O–H groups in total. The van der Waals surface area contributed by atoms with Crippen molar-refractivity contribution in [3.63, 3.8) is 0 Å². The third-order valence-electron chi connectivity index (χ3n) is 3.39. The van der Waals surface area contributed by atoms with Gasteiger partial charge in [-0.05, 0) is 42.8 Å². The first-order valence-corrected chi connectivity index (χ1v) is 7.74. The Labute approximate surface area is 139 Å². The lowest BCUT2D eigenvalue weighted by atomic mass is 10.1. The number of halogens is 1. The van der Waals surface area contributed by atoms with Gasteiger partial charge in [-0.15, -0.1) is 10.2 Å². The summed E-state index contributed by atoms with van der Waals surface area (Å²) >= 11 is 0. The van der Waals surface area contributed by atoms with E-state index in [4.69, 9.17) is 9.15 Å². The van der Waals surface area contributed by atoms with E-state index in [1.54, 1.807) is 12.1 Å². The van der Waals surface area contributed by atoms with Crippen LogP contribution in [0.3, 0.4) is 0 Å². The molecule has 24 heavy (non-hydrogen) atoms. The van der Waals surface area contributed by atoms with Crippen molar-refractivity contribution in [2.24, 2.45) is 0 Å². The number of benzene rings is 2. The van der Waals surface area contributed by atoms with Gasteiger partial charge in [-0.25, -0.2) is 4.39 Å². The Morgan fingerprint density at radius 1 is 0.958 bits per heavy atom. The molecule has 5 nitrogen and oxygen atoms in total. The highest BCUT2D eigenvalue weighted by Gasteiger charge is 2.06. The van der Waals surface area contributed by atoms with Crippen LogP contribution in [-0.4, -0.2) is 16.7 Å². The third-order valence-corrected chi connectivity index (χ3v) is 3.39. The number of nitrogens with zero attached hydrogens (tertiary/aromatic N) is 2. The zero-order valence-electron chi connectivity index (χ0n) is 13.1. The van der Waals surface area contributed by atoms with E-state index >= 15 is 0 Å². The maximum Gasteiger partial charge on any atom is 0.253 e. The number of ether oxygens (including phenoxy) is 1. The Balaban J connectivity index is 1.39. The van der Waals surface area contributed by atoms with Crippen molar-refractivity contribution in [1.82, 2.24) is 15.5 Å². The SMILES string of the molecule is Fc1ccc(CCNCc2nnc(COc3ccccc3)o2)cc1. The maximum atomic E-state index is 12.8. The molecule has 0 amide bonds. The zero-order valence-corrected chi connectivity index (χ0v) is 13.1. The fourth-order valence-electron chi connectivity index (χ4n) is 2.16. The maximum absolute atomic E-state index is 12.8. The summed E-state index contributed by atoms with van der Waals surface area (Å²) in [7, 11) is 0. The minimum absolute atomic E-state index is 0.220. The molecule has 0 atom stereocenters. The predicted octanol–water partition coefficient (Wildman–Crippen LogP) is 3.12. The molecule has 0 saturated carbocycles. The standard InChI is InChI=1S/C18H18FN3O2/c19-15-8-6-14(7-9-15)10-11-20-12-17-21-22-18(24-17)13-23-16-4-2-1-3-5-16/h1-9,20H,10-13H2. The minimum atomic E-state index is -0.220. The first-order chi connectivity index (χ1) is 11.8. The summed E-state index contributed by atoms with van der Waals surface area (Å²) in [5.41, 5.74) is 1.08. The van der Waals surface area contributed by atoms with Gasteiger partial charge in [0.1, 0.15) is 11.6 Å². The van der Waals surface area contributed by atoms with Crippen LogP contribution < -0.4 is 10.1 Å². The van der Waals surface area contributed by atoms with Crippen molar-refractivity contribution >= 4 is 0 Å². The van der Waals surface area contributed by atoms with E-state index in [2.05, 4.69) is 15.5 Å². The van der Waals surface area contributed by atoms with Crippen molar-refractivity contribution in [3.8, 4) is 5.75 Å². The molecular weight excluding hydrogens is 309 g/mol. The predicted molar refractivity (Wildman–Crippen MR) is 86.9 cm³/mol. The Morgan fingerprint density at radius 2 is 1.71 bits per heavy atom. The van der Waals surface area contributed by atoms with Gasteiger partial charge in [0, 0.05) is 0 Å². The fraction of sp³-hybridized carbons (Fsp3) is 0.222. The van der Waals surface area contributed by atoms with Crippen LogP contribution in [0.5, 0.6) is 5.75 Å². The minimum Gasteiger partial charge on any atom is -0.484 e. The highest BCUT2D eigenvalue weighted by molar-refractivity contribution is 5.21. The molecule has 0 fully saturated rings. The second-order valence-electron chi connectivity index (χ2n) is 5.24. The Hall–Kier alpha value is -2.73. The highest BCUT2D eigenvalue weighted by atomic mass is 19.1. The molecule has 0 aliphatic heterocycles. The summed E-state index contributed by atoms with van der Waals surface area (Å²) in [6.07, 6.45) is 0.804. The van der Waals surface area contributed by atoms with Crippen LogP contribution in [-0.2, 0) is 19.6 Å². The lowest BCUT2D eigenvalue weighted by Gasteiger charge is -2.03. The zero-order chi connectivity index (χ0) is 16.6. The van der Waals surface area contributed by atoms with Gasteiger partial charge in [0.2, 0.25) is 5.89 Å². The van der Waals surface area contributed by atoms with Crippen LogP contribution in [0.2, 0.25) is 0 Å². The van der Waals surface area contributed by atoms with E-state index in [1.165, 1.54) is 12.1 Å². The van der Waals surface area contributed by atoms with Gasteiger partial charge in [0.15, 0.2) is 6.61 Å². The molecular formula is C18H18FN3O2. The molecule has 1 heterocycles. The smallest absolute Gasteiger partial charge is 0.253 e. The molecule has 0 saturated heterocycles. The van der Waals surface area contributed by atoms with Crippen LogP contribution in [0.4, 0.5) is 4.39 Å². The van der Waals surface area contributed by atoms with Crippen molar-refractivity contribution in [3.05, 3.63) is 77.8 Å². The van der Waals surface area contributed by atoms with Gasteiger partial charge in [-0.2, -0.15) is 0 Å². The molecule has 1 aromatic heterocycles. The molecule has 6 heteroatoms. The van der Waals surface area contributed by atoms with Crippen molar-refractivity contribution < 1.29 is 13.5 Å². The van der Waals surface area contributed by atoms with Gasteiger partial charge in [-0.1, -0.05) is 30.3 Å². The summed E-state index contributed by atoms with van der Waals surface area (Å²) in [5, 5.41) is 11.2. The topological polar surface area (TPSA) is 60.2 Å². The van der Waals surface area contributed by atoms with Crippen LogP contribution in [0.25, 0.3) is 0 Å². The third kappa shape index (κ3) is 4.89. The summed E-state index contributed by atoms with van der Waals surface area (Å²) in [5.74, 6) is 1.49. The molecule has 0 unspecified atom stereocenters. The van der Waals surface area contributed by atoms with E-state index in [1.807, 2.05) is 30.3 Å². The van der Waals surface area contributed by atoms with Crippen LogP contribution in [0.15, 0.2) is 59.0 Å². The summed E-state index contributed by atoms with van der Waals surface area (Å²) in [4.78, 5) is 0. The van der Waals surface area contributed by atoms with E-state index in [0.717, 1.165) is 24.3 Å². The molecule has 0 aliphatic rings. The van der Waals surface area contributed by atoms with Gasteiger partial charge >= 0.3 is 0 Å². The fourth-order valence-corrected chi connectivity index (χ4v) is 2.16. The van der Waals surface area contributed by atoms with Crippen molar-refractivity contribution in [2.75, 3.05) is 6.54 Å². The Bertz CT molecular complexity index is 744. The Morgan fingerprint density at radius 3 is 2.50 bits per heavy atom. The van der Waals surface area contributed by atoms with Crippen LogP contribution in [0, 0.1) is 5.82 Å². The van der Waals surface area contributed by atoms with Gasteiger partial charge < -0.3 is 14.5 Å². The van der Waals surface area contributed by atoms with E-state index in [9.17, 15) is 4.39 Å². The molecule has 0 aliphatic carbocycles. The number of para-hydroxylation sites is 1. The first-order valence-electron chi connectivity index (χ1n) is 7.74. The van der Waals surface area contributed by atoms with Crippen LogP contribution >= 0.6 is 0 Å². The van der Waals surface area contributed by atoms with Crippen LogP contribution in [0.1, 0.15) is 17.3 Å². The average Bonchev–Trinajstić information content (AvgIpc) is 3.07. The number of rotatable bonds is 8. The molecule has 3 rings (SSSR count). The van der Waals surface area contributed by atoms with Gasteiger partial charge in [-0.3, -0.25) is 0 Å². The highest BCUT2D eigenvalue weighted by Crippen LogP contribution is 2.11. The summed E-state index contributed by atoms with van der Waals surface area (Å²) in [6, 6.07) is 16.0. The summed E-state index contributed by atoms with van der Waals surface area (Å²) < 4.78 is 23.9. The lowest BCUT2D eigenvalue weighted by Crippen LogP contribution is -2.16. The van der Waals surface area contributed by atoms with Crippen molar-refractivity contribution in [1.29, 1.82) is 0 Å². The molecule has 0 spiro atoms. The number of nitrogens with one attached hydrogen (secondary N) is 1. The second kappa shape index (κ2) is 8.21. The van der Waals surface area contributed by atoms with E-state index < -0.39 is 0 Å². The normalized spacial score (nSPS) is 10.7. The quantitative estimate of drug-likeness (QED) is 0.644. The lowest BCUT2D eigenvalue weighted by molar-refractivity contribution is 0.258. The molecule has 3 aromatic rings.